The molecule has 1 fully saturated rings. The molecule has 0 bridgehead atoms. The summed E-state index contributed by atoms with van der Waals surface area (Å²) in [5.74, 6) is -2.53. The van der Waals surface area contributed by atoms with E-state index in [2.05, 4.69) is 21.4 Å². The Hall–Kier alpha value is -3.00. The van der Waals surface area contributed by atoms with Crippen LogP contribution in [0.15, 0.2) is 53.0 Å². The molecule has 2 aromatic carbocycles. The van der Waals surface area contributed by atoms with Crippen LogP contribution in [0.5, 0.6) is 0 Å². The van der Waals surface area contributed by atoms with Crippen LogP contribution in [0.3, 0.4) is 0 Å². The average molecular weight is 459 g/mol. The highest BCUT2D eigenvalue weighted by molar-refractivity contribution is 9.10. The Kier molecular flexibility index (Phi) is 6.43. The summed E-state index contributed by atoms with van der Waals surface area (Å²) >= 11 is 3.28. The number of hydrogen-bond donors (Lipinski definition) is 1. The van der Waals surface area contributed by atoms with Gasteiger partial charge in [-0.1, -0.05) is 45.8 Å². The van der Waals surface area contributed by atoms with Crippen molar-refractivity contribution < 1.29 is 23.9 Å². The molecular weight excluding hydrogens is 440 g/mol. The molecule has 1 heterocycles. The van der Waals surface area contributed by atoms with Crippen LogP contribution in [0, 0.1) is 12.8 Å². The Balaban J connectivity index is 1.52. The molecule has 7 nitrogen and oxygen atoms in total. The van der Waals surface area contributed by atoms with Gasteiger partial charge in [-0.3, -0.25) is 29.6 Å². The Labute approximate surface area is 176 Å². The van der Waals surface area contributed by atoms with Gasteiger partial charge in [0.05, 0.1) is 12.5 Å². The van der Waals surface area contributed by atoms with E-state index >= 15 is 0 Å². The molecule has 3 rings (SSSR count). The van der Waals surface area contributed by atoms with Gasteiger partial charge in [0.15, 0.2) is 12.4 Å². The zero-order valence-electron chi connectivity index (χ0n) is 15.7. The van der Waals surface area contributed by atoms with Crippen LogP contribution >= 0.6 is 15.9 Å². The van der Waals surface area contributed by atoms with E-state index in [0.29, 0.717) is 11.1 Å². The molecule has 0 spiro atoms. The molecule has 150 valence electrons. The lowest BCUT2D eigenvalue weighted by Crippen LogP contribution is -2.43. The maximum absolute atomic E-state index is 12.3. The van der Waals surface area contributed by atoms with Crippen molar-refractivity contribution in [3.05, 3.63) is 69.7 Å². The standard InChI is InChI=1S/C21H19BrN2O5/c1-13-3-2-4-15(9-13)20(27)23-24-11-16(10-19(24)26)21(28)29-12-18(25)14-5-7-17(22)8-6-14/h2-9,16H,10-12H2,1H3,(H,23,27). The third-order valence-electron chi connectivity index (χ3n) is 4.49. The van der Waals surface area contributed by atoms with Gasteiger partial charge in [0.1, 0.15) is 0 Å². The number of ketones is 1. The molecule has 0 radical (unpaired) electrons. The lowest BCUT2D eigenvalue weighted by Gasteiger charge is -2.17. The predicted octanol–water partition coefficient (Wildman–Crippen LogP) is 2.68. The first-order valence-corrected chi connectivity index (χ1v) is 9.76. The highest BCUT2D eigenvalue weighted by Gasteiger charge is 2.36. The quantitative estimate of drug-likeness (QED) is 0.530. The first-order chi connectivity index (χ1) is 13.8. The van der Waals surface area contributed by atoms with Crippen molar-refractivity contribution in [2.24, 2.45) is 5.92 Å². The Morgan fingerprint density at radius 2 is 1.86 bits per heavy atom. The second-order valence-electron chi connectivity index (χ2n) is 6.75. The van der Waals surface area contributed by atoms with Gasteiger partial charge in [-0.25, -0.2) is 0 Å². The van der Waals surface area contributed by atoms with Crippen molar-refractivity contribution in [1.29, 1.82) is 0 Å². The molecule has 1 unspecified atom stereocenters. The van der Waals surface area contributed by atoms with Crippen LogP contribution in [0.4, 0.5) is 0 Å². The molecule has 2 amide bonds. The number of aryl methyl sites for hydroxylation is 1. The van der Waals surface area contributed by atoms with E-state index in [-0.39, 0.29) is 24.7 Å². The average Bonchev–Trinajstić information content (AvgIpc) is 3.07. The fraction of sp³-hybridized carbons (Fsp3) is 0.238. The molecular formula is C21H19BrN2O5. The summed E-state index contributed by atoms with van der Waals surface area (Å²) in [5.41, 5.74) is 4.28. The third kappa shape index (κ3) is 5.29. The van der Waals surface area contributed by atoms with Crippen molar-refractivity contribution in [3.8, 4) is 0 Å². The van der Waals surface area contributed by atoms with E-state index in [4.69, 9.17) is 4.74 Å². The number of ether oxygens (including phenoxy) is 1. The van der Waals surface area contributed by atoms with E-state index in [9.17, 15) is 19.2 Å². The van der Waals surface area contributed by atoms with Gasteiger partial charge in [-0.15, -0.1) is 0 Å². The van der Waals surface area contributed by atoms with Gasteiger partial charge in [-0.2, -0.15) is 0 Å². The predicted molar refractivity (Wildman–Crippen MR) is 108 cm³/mol. The van der Waals surface area contributed by atoms with E-state index in [1.54, 1.807) is 42.5 Å². The summed E-state index contributed by atoms with van der Waals surface area (Å²) in [6.07, 6.45) is -0.0839. The maximum Gasteiger partial charge on any atom is 0.311 e. The lowest BCUT2D eigenvalue weighted by molar-refractivity contribution is -0.147. The number of Topliss-reactive ketones (excluding diaryl/α,β-unsaturated/α-hetero) is 1. The minimum Gasteiger partial charge on any atom is -0.457 e. The monoisotopic (exact) mass is 458 g/mol. The molecule has 2 aromatic rings. The van der Waals surface area contributed by atoms with Crippen molar-refractivity contribution in [2.45, 2.75) is 13.3 Å². The number of amides is 2. The molecule has 8 heteroatoms. The number of halogens is 1. The smallest absolute Gasteiger partial charge is 0.311 e. The van der Waals surface area contributed by atoms with Gasteiger partial charge in [0.25, 0.3) is 5.91 Å². The second kappa shape index (κ2) is 9.00. The number of nitrogens with zero attached hydrogens (tertiary/aromatic N) is 1. The molecule has 1 N–H and O–H groups in total. The summed E-state index contributed by atoms with van der Waals surface area (Å²) in [5, 5.41) is 1.12. The summed E-state index contributed by atoms with van der Waals surface area (Å²) in [4.78, 5) is 48.8. The van der Waals surface area contributed by atoms with Crippen LogP contribution in [0.25, 0.3) is 0 Å². The highest BCUT2D eigenvalue weighted by Crippen LogP contribution is 2.18. The largest absolute Gasteiger partial charge is 0.457 e. The first-order valence-electron chi connectivity index (χ1n) is 8.97. The normalized spacial score (nSPS) is 15.9. The number of esters is 1. The summed E-state index contributed by atoms with van der Waals surface area (Å²) < 4.78 is 5.92. The summed E-state index contributed by atoms with van der Waals surface area (Å²) in [7, 11) is 0. The van der Waals surface area contributed by atoms with E-state index in [1.165, 1.54) is 0 Å². The minimum absolute atomic E-state index is 0.00168. The Morgan fingerprint density at radius 3 is 2.55 bits per heavy atom. The summed E-state index contributed by atoms with van der Waals surface area (Å²) in [6.45, 7) is 1.46. The zero-order valence-corrected chi connectivity index (χ0v) is 17.3. The Morgan fingerprint density at radius 1 is 1.14 bits per heavy atom. The van der Waals surface area contributed by atoms with Crippen molar-refractivity contribution in [3.63, 3.8) is 0 Å². The van der Waals surface area contributed by atoms with Gasteiger partial charge >= 0.3 is 5.97 Å². The van der Waals surface area contributed by atoms with Crippen LogP contribution in [0.2, 0.25) is 0 Å². The number of nitrogens with one attached hydrogen (secondary N) is 1. The van der Waals surface area contributed by atoms with Crippen LogP contribution in [-0.2, 0) is 14.3 Å². The number of hydrazine groups is 1. The van der Waals surface area contributed by atoms with Crippen molar-refractivity contribution in [1.82, 2.24) is 10.4 Å². The van der Waals surface area contributed by atoms with Crippen LogP contribution < -0.4 is 5.43 Å². The highest BCUT2D eigenvalue weighted by atomic mass is 79.9. The fourth-order valence-corrected chi connectivity index (χ4v) is 3.18. The molecule has 0 saturated carbocycles. The molecule has 1 saturated heterocycles. The SMILES string of the molecule is Cc1cccc(C(=O)NN2CC(C(=O)OCC(=O)c3ccc(Br)cc3)CC2=O)c1. The molecule has 0 aromatic heterocycles. The Bertz CT molecular complexity index is 958. The topological polar surface area (TPSA) is 92.8 Å². The summed E-state index contributed by atoms with van der Waals surface area (Å²) in [6, 6.07) is 13.7. The maximum atomic E-state index is 12.3. The lowest BCUT2D eigenvalue weighted by atomic mass is 10.1. The number of carbonyl (C=O) groups excluding carboxylic acids is 4. The van der Waals surface area contributed by atoms with Gasteiger partial charge < -0.3 is 4.74 Å². The fourth-order valence-electron chi connectivity index (χ4n) is 2.92. The molecule has 0 aliphatic carbocycles. The first kappa shape index (κ1) is 20.7. The van der Waals surface area contributed by atoms with E-state index in [1.807, 2.05) is 13.0 Å². The molecule has 1 atom stereocenters. The van der Waals surface area contributed by atoms with E-state index < -0.39 is 24.4 Å². The number of rotatable bonds is 6. The van der Waals surface area contributed by atoms with Gasteiger partial charge in [-0.05, 0) is 31.2 Å². The molecule has 1 aliphatic heterocycles. The van der Waals surface area contributed by atoms with Crippen LogP contribution in [-0.4, -0.2) is 41.7 Å². The third-order valence-corrected chi connectivity index (χ3v) is 5.02. The number of hydrogen-bond acceptors (Lipinski definition) is 5. The van der Waals surface area contributed by atoms with Gasteiger partial charge in [0, 0.05) is 22.0 Å². The molecule has 1 aliphatic rings. The molecule has 29 heavy (non-hydrogen) atoms. The van der Waals surface area contributed by atoms with Gasteiger partial charge in [0.2, 0.25) is 5.91 Å². The number of benzene rings is 2. The van der Waals surface area contributed by atoms with E-state index in [0.717, 1.165) is 15.0 Å². The van der Waals surface area contributed by atoms with Crippen molar-refractivity contribution in [2.75, 3.05) is 13.2 Å². The zero-order chi connectivity index (χ0) is 21.0. The number of carbonyl (C=O) groups is 4. The van der Waals surface area contributed by atoms with Crippen LogP contribution in [0.1, 0.15) is 32.7 Å². The minimum atomic E-state index is -0.738. The van der Waals surface area contributed by atoms with Crippen molar-refractivity contribution >= 4 is 39.5 Å². The second-order valence-corrected chi connectivity index (χ2v) is 7.67.